The number of rotatable bonds is 8. The minimum absolute atomic E-state index is 0.155. The number of nitrogens with zero attached hydrogens (tertiary/aromatic N) is 3. The SMILES string of the molecule is C=CC(=C)CC(C)CC1=C(C2C(C(C)/C=C\C)N=NN2C)C=CC=CC1. The van der Waals surface area contributed by atoms with Gasteiger partial charge in [0.1, 0.15) is 6.04 Å². The van der Waals surface area contributed by atoms with Gasteiger partial charge in [0.2, 0.25) is 0 Å². The van der Waals surface area contributed by atoms with Crippen molar-refractivity contribution in [3.8, 4) is 0 Å². The van der Waals surface area contributed by atoms with E-state index in [1.165, 1.54) is 11.1 Å². The highest BCUT2D eigenvalue weighted by molar-refractivity contribution is 5.38. The van der Waals surface area contributed by atoms with Crippen molar-refractivity contribution in [1.82, 2.24) is 5.01 Å². The topological polar surface area (TPSA) is 28.0 Å². The molecular formula is C23H33N3. The fraction of sp³-hybridized carbons (Fsp3) is 0.478. The molecule has 1 heterocycles. The lowest BCUT2D eigenvalue weighted by Gasteiger charge is -2.29. The van der Waals surface area contributed by atoms with Crippen molar-refractivity contribution in [1.29, 1.82) is 0 Å². The van der Waals surface area contributed by atoms with E-state index in [9.17, 15) is 0 Å². The van der Waals surface area contributed by atoms with Gasteiger partial charge < -0.3 is 0 Å². The Balaban J connectivity index is 2.31. The van der Waals surface area contributed by atoms with Gasteiger partial charge in [0.05, 0.1) is 6.04 Å². The highest BCUT2D eigenvalue weighted by Crippen LogP contribution is 2.35. The van der Waals surface area contributed by atoms with E-state index < -0.39 is 0 Å². The van der Waals surface area contributed by atoms with Crippen molar-refractivity contribution in [2.24, 2.45) is 22.2 Å². The Morgan fingerprint density at radius 3 is 2.85 bits per heavy atom. The predicted octanol–water partition coefficient (Wildman–Crippen LogP) is 6.22. The summed E-state index contributed by atoms with van der Waals surface area (Å²) in [4.78, 5) is 0. The first-order chi connectivity index (χ1) is 12.5. The summed E-state index contributed by atoms with van der Waals surface area (Å²) in [6.45, 7) is 14.5. The molecule has 26 heavy (non-hydrogen) atoms. The molecular weight excluding hydrogens is 318 g/mol. The van der Waals surface area contributed by atoms with Crippen LogP contribution in [0.4, 0.5) is 0 Å². The zero-order valence-electron chi connectivity index (χ0n) is 16.7. The fourth-order valence-electron chi connectivity index (χ4n) is 3.89. The zero-order chi connectivity index (χ0) is 19.1. The number of hydrogen-bond acceptors (Lipinski definition) is 3. The van der Waals surface area contributed by atoms with E-state index in [1.54, 1.807) is 0 Å². The van der Waals surface area contributed by atoms with E-state index in [-0.39, 0.29) is 12.1 Å². The second kappa shape index (κ2) is 9.51. The first kappa shape index (κ1) is 20.2. The Morgan fingerprint density at radius 1 is 1.38 bits per heavy atom. The average Bonchev–Trinajstić information content (AvgIpc) is 2.84. The summed E-state index contributed by atoms with van der Waals surface area (Å²) in [7, 11) is 2.04. The van der Waals surface area contributed by atoms with Crippen LogP contribution in [-0.4, -0.2) is 24.1 Å². The van der Waals surface area contributed by atoms with Crippen LogP contribution < -0.4 is 0 Å². The Kier molecular flexibility index (Phi) is 7.38. The van der Waals surface area contributed by atoms with Crippen LogP contribution in [-0.2, 0) is 0 Å². The molecule has 3 nitrogen and oxygen atoms in total. The molecule has 4 atom stereocenters. The van der Waals surface area contributed by atoms with Crippen molar-refractivity contribution in [2.75, 3.05) is 7.05 Å². The highest BCUT2D eigenvalue weighted by atomic mass is 15.6. The minimum Gasteiger partial charge on any atom is -0.272 e. The monoisotopic (exact) mass is 351 g/mol. The lowest BCUT2D eigenvalue weighted by Crippen LogP contribution is -2.37. The summed E-state index contributed by atoms with van der Waals surface area (Å²) in [6.07, 6.45) is 18.1. The molecule has 0 spiro atoms. The van der Waals surface area contributed by atoms with Crippen LogP contribution in [0.2, 0.25) is 0 Å². The van der Waals surface area contributed by atoms with Crippen LogP contribution in [0.15, 0.2) is 82.7 Å². The van der Waals surface area contributed by atoms with Gasteiger partial charge >= 0.3 is 0 Å². The van der Waals surface area contributed by atoms with Crippen molar-refractivity contribution in [3.05, 3.63) is 72.4 Å². The van der Waals surface area contributed by atoms with E-state index in [1.807, 2.05) is 18.1 Å². The maximum Gasteiger partial charge on any atom is 0.105 e. The van der Waals surface area contributed by atoms with Gasteiger partial charge in [0, 0.05) is 13.0 Å². The third-order valence-electron chi connectivity index (χ3n) is 5.20. The third-order valence-corrected chi connectivity index (χ3v) is 5.20. The van der Waals surface area contributed by atoms with Crippen LogP contribution >= 0.6 is 0 Å². The highest BCUT2D eigenvalue weighted by Gasteiger charge is 2.36. The molecule has 0 N–H and O–H groups in total. The van der Waals surface area contributed by atoms with E-state index in [0.717, 1.165) is 24.8 Å². The Bertz CT molecular complexity index is 663. The molecule has 1 aliphatic heterocycles. The summed E-state index contributed by atoms with van der Waals surface area (Å²) in [5, 5.41) is 11.0. The molecule has 4 unspecified atom stereocenters. The smallest absolute Gasteiger partial charge is 0.105 e. The summed E-state index contributed by atoms with van der Waals surface area (Å²) >= 11 is 0. The van der Waals surface area contributed by atoms with Crippen molar-refractivity contribution in [2.45, 2.75) is 52.1 Å². The molecule has 0 amide bonds. The van der Waals surface area contributed by atoms with Crippen molar-refractivity contribution < 1.29 is 0 Å². The Labute approximate surface area is 159 Å². The maximum atomic E-state index is 4.58. The fourth-order valence-corrected chi connectivity index (χ4v) is 3.89. The maximum absolute atomic E-state index is 4.58. The van der Waals surface area contributed by atoms with Crippen LogP contribution in [0, 0.1) is 11.8 Å². The quantitative estimate of drug-likeness (QED) is 0.377. The molecule has 0 aromatic carbocycles. The first-order valence-corrected chi connectivity index (χ1v) is 9.59. The molecule has 1 aliphatic carbocycles. The molecule has 0 saturated carbocycles. The van der Waals surface area contributed by atoms with Crippen LogP contribution in [0.3, 0.4) is 0 Å². The van der Waals surface area contributed by atoms with Gasteiger partial charge in [-0.15, -0.1) is 0 Å². The first-order valence-electron chi connectivity index (χ1n) is 9.59. The molecule has 0 aromatic heterocycles. The molecule has 0 radical (unpaired) electrons. The normalized spacial score (nSPS) is 25.0. The number of allylic oxidation sites excluding steroid dienone is 7. The number of likely N-dealkylation sites (N-methyl/N-ethyl adjacent to an activating group) is 1. The Hall–Kier alpha value is -2.16. The Morgan fingerprint density at radius 2 is 2.15 bits per heavy atom. The standard InChI is InChI=1S/C23H33N3/c1-7-12-19(5)22-23(26(6)25-24-22)21-14-11-9-10-13-20(21)16-18(4)15-17(3)8-2/h7-12,14,18-19,22-23H,2-3,13,15-16H2,1,4-6H3/b12-7-. The average molecular weight is 352 g/mol. The second-order valence-electron chi connectivity index (χ2n) is 7.52. The largest absolute Gasteiger partial charge is 0.272 e. The second-order valence-corrected chi connectivity index (χ2v) is 7.52. The van der Waals surface area contributed by atoms with Gasteiger partial charge in [-0.05, 0) is 37.7 Å². The summed E-state index contributed by atoms with van der Waals surface area (Å²) in [5.74, 6) is 0.896. The van der Waals surface area contributed by atoms with Crippen LogP contribution in [0.25, 0.3) is 0 Å². The lowest BCUT2D eigenvalue weighted by molar-refractivity contribution is 0.288. The molecule has 0 saturated heterocycles. The van der Waals surface area contributed by atoms with E-state index in [0.29, 0.717) is 11.8 Å². The van der Waals surface area contributed by atoms with Gasteiger partial charge in [-0.3, -0.25) is 5.01 Å². The van der Waals surface area contributed by atoms with Crippen molar-refractivity contribution in [3.63, 3.8) is 0 Å². The van der Waals surface area contributed by atoms with Crippen molar-refractivity contribution >= 4 is 0 Å². The summed E-state index contributed by atoms with van der Waals surface area (Å²) < 4.78 is 0. The lowest BCUT2D eigenvalue weighted by atomic mass is 9.84. The van der Waals surface area contributed by atoms with E-state index >= 15 is 0 Å². The molecule has 2 aliphatic rings. The molecule has 0 aromatic rings. The van der Waals surface area contributed by atoms with Crippen LogP contribution in [0.1, 0.15) is 40.0 Å². The molecule has 2 rings (SSSR count). The summed E-state index contributed by atoms with van der Waals surface area (Å²) in [5.41, 5.74) is 3.98. The molecule has 0 fully saturated rings. The minimum atomic E-state index is 0.155. The van der Waals surface area contributed by atoms with Gasteiger partial charge in [0.15, 0.2) is 0 Å². The van der Waals surface area contributed by atoms with E-state index in [2.05, 4.69) is 80.7 Å². The van der Waals surface area contributed by atoms with Gasteiger partial charge in [-0.1, -0.05) is 85.9 Å². The summed E-state index contributed by atoms with van der Waals surface area (Å²) in [6, 6.07) is 0.351. The van der Waals surface area contributed by atoms with E-state index in [4.69, 9.17) is 0 Å². The third kappa shape index (κ3) is 4.94. The van der Waals surface area contributed by atoms with Crippen LogP contribution in [0.5, 0.6) is 0 Å². The molecule has 0 bridgehead atoms. The zero-order valence-corrected chi connectivity index (χ0v) is 16.7. The van der Waals surface area contributed by atoms with Gasteiger partial charge in [-0.2, -0.15) is 5.11 Å². The van der Waals surface area contributed by atoms with Gasteiger partial charge in [-0.25, -0.2) is 0 Å². The van der Waals surface area contributed by atoms with Gasteiger partial charge in [0.25, 0.3) is 0 Å². The molecule has 3 heteroatoms. The molecule has 140 valence electrons. The predicted molar refractivity (Wildman–Crippen MR) is 112 cm³/mol. The number of hydrogen-bond donors (Lipinski definition) is 0.